The van der Waals surface area contributed by atoms with Crippen LogP contribution in [0.4, 0.5) is 0 Å². The fourth-order valence-electron chi connectivity index (χ4n) is 5.54. The number of allylic oxidation sites excluding steroid dienone is 3. The maximum Gasteiger partial charge on any atom is 0.351 e. The summed E-state index contributed by atoms with van der Waals surface area (Å²) in [5, 5.41) is 3.85. The monoisotopic (exact) mass is 521 g/mol. The highest BCUT2D eigenvalue weighted by atomic mass is 16.5. The van der Waals surface area contributed by atoms with Crippen molar-refractivity contribution in [1.82, 2.24) is 5.32 Å². The summed E-state index contributed by atoms with van der Waals surface area (Å²) in [7, 11) is 1.20. The highest BCUT2D eigenvalue weighted by Gasteiger charge is 2.43. The molecule has 1 N–H and O–H groups in total. The molecule has 1 aliphatic heterocycles. The van der Waals surface area contributed by atoms with E-state index in [2.05, 4.69) is 19.2 Å². The van der Waals surface area contributed by atoms with Gasteiger partial charge in [0.05, 0.1) is 19.3 Å². The zero-order valence-corrected chi connectivity index (χ0v) is 23.1. The van der Waals surface area contributed by atoms with Crippen LogP contribution in [-0.2, 0) is 19.1 Å². The van der Waals surface area contributed by atoms with Crippen LogP contribution in [0.25, 0.3) is 11.0 Å². The molecule has 0 saturated carbocycles. The van der Waals surface area contributed by atoms with E-state index in [1.165, 1.54) is 13.2 Å². The number of dihydropyridines is 1. The standard InChI is InChI=1S/C30H35NO7/c1-8-15(3)19-11-17(10-18-12-20(27(33)36-7)28(34)38-26(18)19)24-23(29(35)37-9-2)16(4)31-21-13-30(5,6)14-22(32)25(21)24/h10-12,15,24,31H,8-9,13-14H2,1-7H3. The summed E-state index contributed by atoms with van der Waals surface area (Å²) >= 11 is 0. The number of fused-ring (bicyclic) bond motifs is 1. The van der Waals surface area contributed by atoms with Gasteiger partial charge in [-0.25, -0.2) is 14.4 Å². The number of hydrogen-bond donors (Lipinski definition) is 1. The average Bonchev–Trinajstić information content (AvgIpc) is 2.85. The van der Waals surface area contributed by atoms with Gasteiger partial charge in [0.1, 0.15) is 11.1 Å². The molecule has 0 spiro atoms. The minimum Gasteiger partial charge on any atom is -0.465 e. The number of benzene rings is 1. The zero-order chi connectivity index (χ0) is 27.9. The molecule has 2 unspecified atom stereocenters. The summed E-state index contributed by atoms with van der Waals surface area (Å²) in [5.74, 6) is -1.99. The van der Waals surface area contributed by atoms with Crippen LogP contribution in [0.15, 0.2) is 50.0 Å². The molecule has 4 rings (SSSR count). The normalized spacial score (nSPS) is 19.7. The first-order valence-corrected chi connectivity index (χ1v) is 13.0. The molecule has 2 heterocycles. The first kappa shape index (κ1) is 27.4. The van der Waals surface area contributed by atoms with Crippen molar-refractivity contribution in [2.24, 2.45) is 5.41 Å². The van der Waals surface area contributed by atoms with E-state index >= 15 is 0 Å². The lowest BCUT2D eigenvalue weighted by Crippen LogP contribution is -2.38. The largest absolute Gasteiger partial charge is 0.465 e. The van der Waals surface area contributed by atoms with Crippen LogP contribution >= 0.6 is 0 Å². The highest BCUT2D eigenvalue weighted by molar-refractivity contribution is 6.04. The predicted octanol–water partition coefficient (Wildman–Crippen LogP) is 5.26. The topological polar surface area (TPSA) is 112 Å². The van der Waals surface area contributed by atoms with Gasteiger partial charge in [-0.15, -0.1) is 0 Å². The van der Waals surface area contributed by atoms with Crippen LogP contribution in [0.2, 0.25) is 0 Å². The Kier molecular flexibility index (Phi) is 7.37. The second-order valence-electron chi connectivity index (χ2n) is 10.9. The van der Waals surface area contributed by atoms with Gasteiger partial charge in [0, 0.05) is 34.7 Å². The number of rotatable bonds is 6. The molecule has 1 aromatic carbocycles. The van der Waals surface area contributed by atoms with Gasteiger partial charge >= 0.3 is 17.6 Å². The lowest BCUT2D eigenvalue weighted by atomic mass is 9.68. The molecule has 0 amide bonds. The number of ether oxygens (including phenoxy) is 2. The first-order chi connectivity index (χ1) is 17.9. The van der Waals surface area contributed by atoms with Gasteiger partial charge in [-0.3, -0.25) is 4.79 Å². The molecule has 0 bridgehead atoms. The van der Waals surface area contributed by atoms with Crippen LogP contribution < -0.4 is 10.9 Å². The van der Waals surface area contributed by atoms with Crippen molar-refractivity contribution in [3.63, 3.8) is 0 Å². The molecular formula is C30H35NO7. The van der Waals surface area contributed by atoms with Crippen molar-refractivity contribution in [3.8, 4) is 0 Å². The van der Waals surface area contributed by atoms with Gasteiger partial charge < -0.3 is 19.2 Å². The predicted molar refractivity (Wildman–Crippen MR) is 143 cm³/mol. The molecule has 8 heteroatoms. The SMILES string of the molecule is CCOC(=O)C1=C(C)NC2=C(C(=O)CC(C)(C)C2)C1c1cc(C(C)CC)c2oc(=O)c(C(=O)OC)cc2c1. The van der Waals surface area contributed by atoms with E-state index in [1.807, 2.05) is 26.8 Å². The third-order valence-corrected chi connectivity index (χ3v) is 7.50. The van der Waals surface area contributed by atoms with Crippen molar-refractivity contribution in [2.45, 2.75) is 72.6 Å². The molecule has 0 radical (unpaired) electrons. The van der Waals surface area contributed by atoms with E-state index in [4.69, 9.17) is 13.9 Å². The Morgan fingerprint density at radius 3 is 2.47 bits per heavy atom. The van der Waals surface area contributed by atoms with Crippen molar-refractivity contribution in [3.05, 3.63) is 67.8 Å². The second-order valence-corrected chi connectivity index (χ2v) is 10.9. The lowest BCUT2D eigenvalue weighted by Gasteiger charge is -2.39. The number of carbonyl (C=O) groups excluding carboxylic acids is 3. The number of ketones is 1. The molecule has 1 aromatic heterocycles. The molecule has 1 aliphatic carbocycles. The molecule has 202 valence electrons. The molecule has 2 aromatic rings. The van der Waals surface area contributed by atoms with Crippen molar-refractivity contribution in [2.75, 3.05) is 13.7 Å². The van der Waals surface area contributed by atoms with E-state index in [0.29, 0.717) is 46.2 Å². The number of methoxy groups -OCH3 is 1. The number of nitrogens with one attached hydrogen (secondary N) is 1. The molecule has 8 nitrogen and oxygen atoms in total. The summed E-state index contributed by atoms with van der Waals surface area (Å²) < 4.78 is 15.9. The van der Waals surface area contributed by atoms with Gasteiger partial charge in [0.25, 0.3) is 0 Å². The van der Waals surface area contributed by atoms with E-state index in [1.54, 1.807) is 13.0 Å². The number of esters is 2. The summed E-state index contributed by atoms with van der Waals surface area (Å²) in [6.07, 6.45) is 1.77. The summed E-state index contributed by atoms with van der Waals surface area (Å²) in [4.78, 5) is 51.8. The Morgan fingerprint density at radius 2 is 1.84 bits per heavy atom. The zero-order valence-electron chi connectivity index (χ0n) is 23.1. The van der Waals surface area contributed by atoms with Crippen LogP contribution in [-0.4, -0.2) is 31.4 Å². The van der Waals surface area contributed by atoms with E-state index < -0.39 is 23.5 Å². The van der Waals surface area contributed by atoms with Gasteiger partial charge in [0.15, 0.2) is 5.78 Å². The molecule has 2 atom stereocenters. The Hall–Kier alpha value is -3.68. The van der Waals surface area contributed by atoms with Crippen LogP contribution in [0.5, 0.6) is 0 Å². The summed E-state index contributed by atoms with van der Waals surface area (Å²) in [6.45, 7) is 11.9. The van der Waals surface area contributed by atoms with Crippen molar-refractivity contribution >= 4 is 28.7 Å². The van der Waals surface area contributed by atoms with E-state index in [-0.39, 0.29) is 29.3 Å². The molecule has 38 heavy (non-hydrogen) atoms. The van der Waals surface area contributed by atoms with Crippen LogP contribution in [0.1, 0.15) is 94.1 Å². The van der Waals surface area contributed by atoms with Crippen molar-refractivity contribution in [1.29, 1.82) is 0 Å². The molecule has 0 saturated heterocycles. The Labute approximate surface area is 222 Å². The lowest BCUT2D eigenvalue weighted by molar-refractivity contribution is -0.138. The van der Waals surface area contributed by atoms with Gasteiger partial charge in [-0.1, -0.05) is 33.8 Å². The van der Waals surface area contributed by atoms with Gasteiger partial charge in [-0.05, 0) is 61.3 Å². The van der Waals surface area contributed by atoms with E-state index in [0.717, 1.165) is 17.7 Å². The third kappa shape index (κ3) is 4.79. The number of Topliss-reactive ketones (excluding diaryl/α,β-unsaturated/α-hetero) is 1. The second kappa shape index (κ2) is 10.2. The smallest absolute Gasteiger partial charge is 0.351 e. The minimum atomic E-state index is -0.796. The van der Waals surface area contributed by atoms with Gasteiger partial charge in [0.2, 0.25) is 0 Å². The van der Waals surface area contributed by atoms with Crippen LogP contribution in [0, 0.1) is 5.41 Å². The third-order valence-electron chi connectivity index (χ3n) is 7.50. The maximum absolute atomic E-state index is 13.6. The fraction of sp³-hybridized carbons (Fsp3) is 0.467. The highest BCUT2D eigenvalue weighted by Crippen LogP contribution is 2.48. The molecule has 2 aliphatic rings. The number of hydrogen-bond acceptors (Lipinski definition) is 8. The van der Waals surface area contributed by atoms with E-state index in [9.17, 15) is 19.2 Å². The number of carbonyl (C=O) groups is 3. The quantitative estimate of drug-likeness (QED) is 0.405. The Balaban J connectivity index is 2.05. The van der Waals surface area contributed by atoms with Crippen LogP contribution in [0.3, 0.4) is 0 Å². The summed E-state index contributed by atoms with van der Waals surface area (Å²) in [6, 6.07) is 5.17. The van der Waals surface area contributed by atoms with Crippen molar-refractivity contribution < 1.29 is 28.3 Å². The summed E-state index contributed by atoms with van der Waals surface area (Å²) in [5.41, 5.74) is 2.99. The Bertz CT molecular complexity index is 1460. The molecular weight excluding hydrogens is 486 g/mol. The first-order valence-electron chi connectivity index (χ1n) is 13.0. The molecule has 0 fully saturated rings. The fourth-order valence-corrected chi connectivity index (χ4v) is 5.54. The Morgan fingerprint density at radius 1 is 1.13 bits per heavy atom. The maximum atomic E-state index is 13.6. The average molecular weight is 522 g/mol. The van der Waals surface area contributed by atoms with Gasteiger partial charge in [-0.2, -0.15) is 0 Å². The minimum absolute atomic E-state index is 0.00291.